The average Bonchev–Trinajstić information content (AvgIpc) is 2.66. The molecular weight excluding hydrogens is 334 g/mol. The Bertz CT molecular complexity index is 643. The van der Waals surface area contributed by atoms with Crippen molar-refractivity contribution >= 4 is 23.5 Å². The number of nitrogens with zero attached hydrogens (tertiary/aromatic N) is 4. The van der Waals surface area contributed by atoms with E-state index in [0.29, 0.717) is 26.2 Å². The molecule has 0 spiro atoms. The minimum atomic E-state index is -0.613. The van der Waals surface area contributed by atoms with Gasteiger partial charge in [0.25, 0.3) is 0 Å². The van der Waals surface area contributed by atoms with Gasteiger partial charge in [-0.1, -0.05) is 6.07 Å². The Hall–Kier alpha value is -2.64. The van der Waals surface area contributed by atoms with Crippen molar-refractivity contribution in [2.45, 2.75) is 27.3 Å². The third-order valence-corrected chi connectivity index (χ3v) is 4.50. The summed E-state index contributed by atoms with van der Waals surface area (Å²) >= 11 is 0. The minimum absolute atomic E-state index is 0.104. The highest BCUT2D eigenvalue weighted by atomic mass is 16.2. The molecule has 8 heteroatoms. The number of amides is 3. The quantitative estimate of drug-likeness (QED) is 0.670. The Balaban J connectivity index is 1.83. The smallest absolute Gasteiger partial charge is 0.312 e. The van der Waals surface area contributed by atoms with E-state index in [2.05, 4.69) is 29.0 Å². The zero-order chi connectivity index (χ0) is 19.1. The monoisotopic (exact) mass is 361 g/mol. The Labute approximate surface area is 154 Å². The highest BCUT2D eigenvalue weighted by molar-refractivity contribution is 6.35. The molecule has 1 aromatic heterocycles. The Morgan fingerprint density at radius 2 is 1.77 bits per heavy atom. The Kier molecular flexibility index (Phi) is 6.94. The van der Waals surface area contributed by atoms with Crippen LogP contribution in [0.4, 0.5) is 5.82 Å². The SMILES string of the molecule is CCN1CCN(CC(=O)NCc2ccc(N(CC)CC)nc2)C(=O)C1=O. The van der Waals surface area contributed by atoms with Crippen molar-refractivity contribution in [3.63, 3.8) is 0 Å². The number of anilines is 1. The van der Waals surface area contributed by atoms with Crippen molar-refractivity contribution in [3.05, 3.63) is 23.9 Å². The van der Waals surface area contributed by atoms with Crippen LogP contribution in [0.3, 0.4) is 0 Å². The van der Waals surface area contributed by atoms with Gasteiger partial charge in [-0.2, -0.15) is 0 Å². The van der Waals surface area contributed by atoms with Crippen LogP contribution in [0.1, 0.15) is 26.3 Å². The maximum absolute atomic E-state index is 12.1. The van der Waals surface area contributed by atoms with Crippen LogP contribution in [0.15, 0.2) is 18.3 Å². The second kappa shape index (κ2) is 9.17. The van der Waals surface area contributed by atoms with E-state index in [4.69, 9.17) is 0 Å². The molecule has 26 heavy (non-hydrogen) atoms. The lowest BCUT2D eigenvalue weighted by atomic mass is 10.2. The lowest BCUT2D eigenvalue weighted by molar-refractivity contribution is -0.156. The molecule has 0 saturated carbocycles. The van der Waals surface area contributed by atoms with Gasteiger partial charge in [-0.15, -0.1) is 0 Å². The van der Waals surface area contributed by atoms with E-state index < -0.39 is 11.8 Å². The van der Waals surface area contributed by atoms with Crippen LogP contribution in [0, 0.1) is 0 Å². The topological polar surface area (TPSA) is 85.8 Å². The van der Waals surface area contributed by atoms with Crippen molar-refractivity contribution in [1.29, 1.82) is 0 Å². The number of hydrogen-bond acceptors (Lipinski definition) is 5. The van der Waals surface area contributed by atoms with Crippen LogP contribution >= 0.6 is 0 Å². The summed E-state index contributed by atoms with van der Waals surface area (Å²) in [5, 5.41) is 2.77. The molecule has 2 heterocycles. The molecule has 1 aliphatic heterocycles. The van der Waals surface area contributed by atoms with E-state index in [9.17, 15) is 14.4 Å². The molecule has 0 aromatic carbocycles. The largest absolute Gasteiger partial charge is 0.357 e. The number of carbonyl (C=O) groups excluding carboxylic acids is 3. The molecule has 1 fully saturated rings. The van der Waals surface area contributed by atoms with Gasteiger partial charge < -0.3 is 20.0 Å². The lowest BCUT2D eigenvalue weighted by Crippen LogP contribution is -2.56. The van der Waals surface area contributed by atoms with E-state index in [1.807, 2.05) is 19.1 Å². The Morgan fingerprint density at radius 3 is 2.35 bits per heavy atom. The van der Waals surface area contributed by atoms with Crippen LogP contribution in [-0.2, 0) is 20.9 Å². The van der Waals surface area contributed by atoms with Gasteiger partial charge in [0.1, 0.15) is 12.4 Å². The number of carbonyl (C=O) groups is 3. The van der Waals surface area contributed by atoms with Gasteiger partial charge in [0.05, 0.1) is 0 Å². The maximum Gasteiger partial charge on any atom is 0.312 e. The zero-order valence-electron chi connectivity index (χ0n) is 15.7. The van der Waals surface area contributed by atoms with Crippen LogP contribution in [0.5, 0.6) is 0 Å². The van der Waals surface area contributed by atoms with Crippen LogP contribution in [0.2, 0.25) is 0 Å². The predicted octanol–water partition coefficient (Wildman–Crippen LogP) is 0.235. The van der Waals surface area contributed by atoms with Gasteiger partial charge in [-0.3, -0.25) is 14.4 Å². The first-order valence-corrected chi connectivity index (χ1v) is 9.04. The number of piperazine rings is 1. The summed E-state index contributed by atoms with van der Waals surface area (Å²) in [4.78, 5) is 45.3. The van der Waals surface area contributed by atoms with Gasteiger partial charge in [0, 0.05) is 45.5 Å². The van der Waals surface area contributed by atoms with E-state index >= 15 is 0 Å². The van der Waals surface area contributed by atoms with E-state index in [1.165, 1.54) is 9.80 Å². The van der Waals surface area contributed by atoms with Crippen molar-refractivity contribution in [1.82, 2.24) is 20.1 Å². The molecule has 1 aliphatic rings. The first-order valence-electron chi connectivity index (χ1n) is 9.04. The molecule has 0 aliphatic carbocycles. The van der Waals surface area contributed by atoms with Crippen molar-refractivity contribution in [2.24, 2.45) is 0 Å². The first kappa shape index (κ1) is 19.7. The third kappa shape index (κ3) is 4.71. The third-order valence-electron chi connectivity index (χ3n) is 4.50. The predicted molar refractivity (Wildman–Crippen MR) is 98.5 cm³/mol. The molecule has 0 radical (unpaired) electrons. The maximum atomic E-state index is 12.1. The van der Waals surface area contributed by atoms with Gasteiger partial charge in [0.2, 0.25) is 5.91 Å². The number of hydrogen-bond donors (Lipinski definition) is 1. The summed E-state index contributed by atoms with van der Waals surface area (Å²) < 4.78 is 0. The molecule has 2 rings (SSSR count). The number of rotatable bonds is 8. The second-order valence-electron chi connectivity index (χ2n) is 6.09. The van der Waals surface area contributed by atoms with Gasteiger partial charge in [-0.25, -0.2) is 4.98 Å². The summed E-state index contributed by atoms with van der Waals surface area (Å²) in [5.41, 5.74) is 0.882. The normalized spacial score (nSPS) is 14.6. The molecule has 3 amide bonds. The van der Waals surface area contributed by atoms with Crippen LogP contribution in [0.25, 0.3) is 0 Å². The molecule has 1 N–H and O–H groups in total. The summed E-state index contributed by atoms with van der Waals surface area (Å²) in [6.07, 6.45) is 1.74. The van der Waals surface area contributed by atoms with Crippen molar-refractivity contribution in [2.75, 3.05) is 44.2 Å². The van der Waals surface area contributed by atoms with E-state index in [0.717, 1.165) is 24.5 Å². The molecule has 1 saturated heterocycles. The molecule has 142 valence electrons. The number of aromatic nitrogens is 1. The van der Waals surface area contributed by atoms with Crippen LogP contribution in [-0.4, -0.2) is 71.8 Å². The summed E-state index contributed by atoms with van der Waals surface area (Å²) in [5.74, 6) is -0.534. The summed E-state index contributed by atoms with van der Waals surface area (Å²) in [7, 11) is 0. The van der Waals surface area contributed by atoms with Crippen molar-refractivity contribution in [3.8, 4) is 0 Å². The highest BCUT2D eigenvalue weighted by Gasteiger charge is 2.32. The molecule has 0 unspecified atom stereocenters. The fourth-order valence-corrected chi connectivity index (χ4v) is 2.85. The minimum Gasteiger partial charge on any atom is -0.357 e. The molecule has 1 aromatic rings. The Morgan fingerprint density at radius 1 is 1.12 bits per heavy atom. The fourth-order valence-electron chi connectivity index (χ4n) is 2.85. The first-order chi connectivity index (χ1) is 12.5. The van der Waals surface area contributed by atoms with E-state index in [-0.39, 0.29) is 12.5 Å². The van der Waals surface area contributed by atoms with E-state index in [1.54, 1.807) is 6.20 Å². The van der Waals surface area contributed by atoms with Crippen molar-refractivity contribution < 1.29 is 14.4 Å². The van der Waals surface area contributed by atoms with Gasteiger partial charge in [-0.05, 0) is 32.4 Å². The highest BCUT2D eigenvalue weighted by Crippen LogP contribution is 2.10. The summed E-state index contributed by atoms with van der Waals surface area (Å²) in [6, 6.07) is 3.86. The number of pyridine rings is 1. The molecule has 0 bridgehead atoms. The number of nitrogens with one attached hydrogen (secondary N) is 1. The lowest BCUT2D eigenvalue weighted by Gasteiger charge is -2.32. The molecule has 0 atom stereocenters. The summed E-state index contributed by atoms with van der Waals surface area (Å²) in [6.45, 7) is 9.33. The average molecular weight is 361 g/mol. The van der Waals surface area contributed by atoms with Crippen LogP contribution < -0.4 is 10.2 Å². The molecule has 8 nitrogen and oxygen atoms in total. The van der Waals surface area contributed by atoms with Gasteiger partial charge >= 0.3 is 11.8 Å². The zero-order valence-corrected chi connectivity index (χ0v) is 15.7. The second-order valence-corrected chi connectivity index (χ2v) is 6.09. The van der Waals surface area contributed by atoms with Gasteiger partial charge in [0.15, 0.2) is 0 Å². The fraction of sp³-hybridized carbons (Fsp3) is 0.556. The molecular formula is C18H27N5O3. The standard InChI is InChI=1S/C18H27N5O3/c1-4-21(5-2)15-8-7-14(11-19-15)12-20-16(24)13-23-10-9-22(6-3)17(25)18(23)26/h7-8,11H,4-6,9-10,12-13H2,1-3H3,(H,20,24). The number of likely N-dealkylation sites (N-methyl/N-ethyl adjacent to an activating group) is 1.